The first kappa shape index (κ1) is 18.0. The molecule has 0 spiro atoms. The van der Waals surface area contributed by atoms with Crippen LogP contribution in [-0.4, -0.2) is 47.9 Å². The Balaban J connectivity index is 1.87. The number of rotatable bonds is 6. The van der Waals surface area contributed by atoms with Crippen LogP contribution in [0.15, 0.2) is 60.7 Å². The molecule has 5 heteroatoms. The van der Waals surface area contributed by atoms with E-state index in [2.05, 4.69) is 0 Å². The predicted molar refractivity (Wildman–Crippen MR) is 103 cm³/mol. The van der Waals surface area contributed by atoms with E-state index in [1.807, 2.05) is 77.4 Å². The normalized spacial score (nSPS) is 16.3. The second-order valence-corrected chi connectivity index (χ2v) is 6.47. The van der Waals surface area contributed by atoms with Crippen LogP contribution in [0.2, 0.25) is 0 Å². The Morgan fingerprint density at radius 3 is 2.15 bits per heavy atom. The Kier molecular flexibility index (Phi) is 5.89. The zero-order valence-corrected chi connectivity index (χ0v) is 15.1. The van der Waals surface area contributed by atoms with Crippen LogP contribution in [0.3, 0.4) is 0 Å². The fourth-order valence-corrected chi connectivity index (χ4v) is 3.46. The van der Waals surface area contributed by atoms with E-state index in [9.17, 15) is 9.59 Å². The van der Waals surface area contributed by atoms with Gasteiger partial charge in [0.25, 0.3) is 0 Å². The number of likely N-dealkylation sites (tertiary alicyclic amines) is 1. The molecule has 3 rings (SSSR count). The third kappa shape index (κ3) is 3.87. The Morgan fingerprint density at radius 2 is 1.65 bits per heavy atom. The standard InChI is InChI=1S/C21H25N3O2/c1-2-22(16-20-14-9-15-23(20)17-25)21(26)24(18-10-5-3-6-11-18)19-12-7-4-8-13-19/h3-8,10-13,17,20H,2,9,14-16H2,1H3. The van der Waals surface area contributed by atoms with Gasteiger partial charge in [0.1, 0.15) is 0 Å². The summed E-state index contributed by atoms with van der Waals surface area (Å²) in [6.45, 7) is 3.91. The van der Waals surface area contributed by atoms with Gasteiger partial charge in [0.2, 0.25) is 6.41 Å². The molecule has 1 saturated heterocycles. The number of para-hydroxylation sites is 2. The van der Waals surface area contributed by atoms with Crippen LogP contribution in [-0.2, 0) is 4.79 Å². The van der Waals surface area contributed by atoms with E-state index in [0.29, 0.717) is 13.1 Å². The van der Waals surface area contributed by atoms with Gasteiger partial charge < -0.3 is 9.80 Å². The molecule has 5 nitrogen and oxygen atoms in total. The van der Waals surface area contributed by atoms with Gasteiger partial charge in [0.05, 0.1) is 11.4 Å². The number of hydrogen-bond acceptors (Lipinski definition) is 2. The van der Waals surface area contributed by atoms with Gasteiger partial charge in [-0.1, -0.05) is 36.4 Å². The molecule has 3 amide bonds. The molecule has 0 bridgehead atoms. The van der Waals surface area contributed by atoms with Crippen molar-refractivity contribution < 1.29 is 9.59 Å². The summed E-state index contributed by atoms with van der Waals surface area (Å²) in [5, 5.41) is 0. The summed E-state index contributed by atoms with van der Waals surface area (Å²) in [7, 11) is 0. The van der Waals surface area contributed by atoms with Crippen molar-refractivity contribution in [2.45, 2.75) is 25.8 Å². The number of hydrogen-bond donors (Lipinski definition) is 0. The number of urea groups is 1. The lowest BCUT2D eigenvalue weighted by Gasteiger charge is -2.33. The average molecular weight is 351 g/mol. The lowest BCUT2D eigenvalue weighted by atomic mass is 10.2. The van der Waals surface area contributed by atoms with E-state index in [4.69, 9.17) is 0 Å². The van der Waals surface area contributed by atoms with E-state index in [0.717, 1.165) is 37.2 Å². The van der Waals surface area contributed by atoms with E-state index < -0.39 is 0 Å². The van der Waals surface area contributed by atoms with Crippen LogP contribution in [0.1, 0.15) is 19.8 Å². The number of carbonyl (C=O) groups is 2. The van der Waals surface area contributed by atoms with Crippen LogP contribution in [0.25, 0.3) is 0 Å². The van der Waals surface area contributed by atoms with E-state index in [-0.39, 0.29) is 12.1 Å². The molecule has 1 heterocycles. The molecule has 136 valence electrons. The smallest absolute Gasteiger partial charge is 0.329 e. The van der Waals surface area contributed by atoms with Crippen molar-refractivity contribution in [2.75, 3.05) is 24.5 Å². The van der Waals surface area contributed by atoms with Crippen LogP contribution in [0.4, 0.5) is 16.2 Å². The molecule has 2 aromatic rings. The minimum Gasteiger partial charge on any atom is -0.340 e. The topological polar surface area (TPSA) is 43.9 Å². The summed E-state index contributed by atoms with van der Waals surface area (Å²) < 4.78 is 0. The highest BCUT2D eigenvalue weighted by atomic mass is 16.2. The van der Waals surface area contributed by atoms with Crippen LogP contribution in [0.5, 0.6) is 0 Å². The van der Waals surface area contributed by atoms with Crippen molar-refractivity contribution in [3.63, 3.8) is 0 Å². The first-order valence-corrected chi connectivity index (χ1v) is 9.14. The van der Waals surface area contributed by atoms with Gasteiger partial charge in [0.15, 0.2) is 0 Å². The fourth-order valence-electron chi connectivity index (χ4n) is 3.46. The van der Waals surface area contributed by atoms with Gasteiger partial charge in [-0.3, -0.25) is 9.69 Å². The van der Waals surface area contributed by atoms with Crippen molar-refractivity contribution in [1.29, 1.82) is 0 Å². The molecule has 26 heavy (non-hydrogen) atoms. The molecular formula is C21H25N3O2. The highest BCUT2D eigenvalue weighted by Crippen LogP contribution is 2.27. The minimum atomic E-state index is -0.0670. The molecule has 0 N–H and O–H groups in total. The van der Waals surface area contributed by atoms with Gasteiger partial charge in [-0.05, 0) is 44.0 Å². The maximum atomic E-state index is 13.4. The van der Waals surface area contributed by atoms with Crippen molar-refractivity contribution in [3.05, 3.63) is 60.7 Å². The molecular weight excluding hydrogens is 326 g/mol. The summed E-state index contributed by atoms with van der Waals surface area (Å²) in [5.41, 5.74) is 1.67. The lowest BCUT2D eigenvalue weighted by molar-refractivity contribution is -0.119. The molecule has 1 aliphatic heterocycles. The average Bonchev–Trinajstić information content (AvgIpc) is 3.15. The molecule has 0 aliphatic carbocycles. The van der Waals surface area contributed by atoms with Gasteiger partial charge >= 0.3 is 6.03 Å². The number of carbonyl (C=O) groups excluding carboxylic acids is 2. The van der Waals surface area contributed by atoms with Gasteiger partial charge in [0, 0.05) is 25.7 Å². The fraction of sp³-hybridized carbons (Fsp3) is 0.333. The highest BCUT2D eigenvalue weighted by Gasteiger charge is 2.29. The SMILES string of the molecule is CCN(CC1CCCN1C=O)C(=O)N(c1ccccc1)c1ccccc1. The molecule has 1 aliphatic rings. The number of anilines is 2. The second-order valence-electron chi connectivity index (χ2n) is 6.47. The lowest BCUT2D eigenvalue weighted by Crippen LogP contribution is -2.47. The number of amides is 3. The molecule has 1 fully saturated rings. The van der Waals surface area contributed by atoms with Crippen molar-refractivity contribution in [3.8, 4) is 0 Å². The van der Waals surface area contributed by atoms with E-state index in [1.54, 1.807) is 4.90 Å². The van der Waals surface area contributed by atoms with Crippen LogP contribution in [0, 0.1) is 0 Å². The molecule has 0 radical (unpaired) electrons. The third-order valence-electron chi connectivity index (χ3n) is 4.86. The maximum Gasteiger partial charge on any atom is 0.329 e. The Morgan fingerprint density at radius 1 is 1.08 bits per heavy atom. The molecule has 2 aromatic carbocycles. The summed E-state index contributed by atoms with van der Waals surface area (Å²) in [4.78, 5) is 30.0. The van der Waals surface area contributed by atoms with Crippen molar-refractivity contribution in [1.82, 2.24) is 9.80 Å². The highest BCUT2D eigenvalue weighted by molar-refractivity contribution is 5.99. The monoisotopic (exact) mass is 351 g/mol. The summed E-state index contributed by atoms with van der Waals surface area (Å²) in [6.07, 6.45) is 2.84. The zero-order chi connectivity index (χ0) is 18.4. The summed E-state index contributed by atoms with van der Waals surface area (Å²) in [6, 6.07) is 19.4. The molecule has 1 atom stereocenters. The Bertz CT molecular complexity index is 681. The van der Waals surface area contributed by atoms with Crippen LogP contribution >= 0.6 is 0 Å². The van der Waals surface area contributed by atoms with Gasteiger partial charge in [-0.15, -0.1) is 0 Å². The number of benzene rings is 2. The van der Waals surface area contributed by atoms with Gasteiger partial charge in [-0.25, -0.2) is 4.79 Å². The predicted octanol–water partition coefficient (Wildman–Crippen LogP) is 3.89. The van der Waals surface area contributed by atoms with E-state index >= 15 is 0 Å². The van der Waals surface area contributed by atoms with Crippen molar-refractivity contribution >= 4 is 23.8 Å². The third-order valence-corrected chi connectivity index (χ3v) is 4.86. The minimum absolute atomic E-state index is 0.0670. The van der Waals surface area contributed by atoms with Crippen LogP contribution < -0.4 is 4.90 Å². The Labute approximate surface area is 154 Å². The number of likely N-dealkylation sites (N-methyl/N-ethyl adjacent to an activating group) is 1. The maximum absolute atomic E-state index is 13.4. The summed E-state index contributed by atoms with van der Waals surface area (Å²) in [5.74, 6) is 0. The summed E-state index contributed by atoms with van der Waals surface area (Å²) >= 11 is 0. The second kappa shape index (κ2) is 8.52. The number of nitrogens with zero attached hydrogens (tertiary/aromatic N) is 3. The quantitative estimate of drug-likeness (QED) is 0.741. The van der Waals surface area contributed by atoms with E-state index in [1.165, 1.54) is 0 Å². The Hall–Kier alpha value is -2.82. The van der Waals surface area contributed by atoms with Gasteiger partial charge in [-0.2, -0.15) is 0 Å². The molecule has 0 aromatic heterocycles. The first-order chi connectivity index (χ1) is 12.7. The zero-order valence-electron chi connectivity index (χ0n) is 15.1. The van der Waals surface area contributed by atoms with Crippen molar-refractivity contribution in [2.24, 2.45) is 0 Å². The largest absolute Gasteiger partial charge is 0.340 e. The molecule has 1 unspecified atom stereocenters. The molecule has 0 saturated carbocycles. The first-order valence-electron chi connectivity index (χ1n) is 9.14.